The molecule has 0 aromatic rings. The van der Waals surface area contributed by atoms with Crippen LogP contribution in [0.4, 0.5) is 0 Å². The van der Waals surface area contributed by atoms with E-state index in [9.17, 15) is 8.42 Å². The van der Waals surface area contributed by atoms with E-state index in [0.717, 1.165) is 25.7 Å². The molecule has 1 aliphatic carbocycles. The van der Waals surface area contributed by atoms with E-state index in [1.54, 1.807) is 4.31 Å². The minimum atomic E-state index is -2.99. The Hall–Kier alpha value is -0.130. The zero-order valence-electron chi connectivity index (χ0n) is 9.98. The molecule has 1 saturated heterocycles. The Morgan fingerprint density at radius 2 is 1.88 bits per heavy atom. The molecular weight excluding hydrogens is 224 g/mol. The molecule has 2 N–H and O–H groups in total. The van der Waals surface area contributed by atoms with Crippen LogP contribution in [0.15, 0.2) is 0 Å². The quantitative estimate of drug-likeness (QED) is 0.797. The number of piperidine rings is 1. The van der Waals surface area contributed by atoms with Gasteiger partial charge in [-0.3, -0.25) is 0 Å². The van der Waals surface area contributed by atoms with Gasteiger partial charge in [-0.15, -0.1) is 0 Å². The van der Waals surface area contributed by atoms with Crippen LogP contribution in [-0.4, -0.2) is 38.1 Å². The summed E-state index contributed by atoms with van der Waals surface area (Å²) in [6.07, 6.45) is 3.97. The highest BCUT2D eigenvalue weighted by atomic mass is 32.2. The fraction of sp³-hybridized carbons (Fsp3) is 1.00. The van der Waals surface area contributed by atoms with Crippen LogP contribution in [0, 0.1) is 11.3 Å². The Bertz CT molecular complexity index is 341. The lowest BCUT2D eigenvalue weighted by atomic mass is 9.81. The summed E-state index contributed by atoms with van der Waals surface area (Å²) in [6.45, 7) is 4.12. The average Bonchev–Trinajstić information content (AvgIpc) is 3.02. The lowest BCUT2D eigenvalue weighted by Crippen LogP contribution is -2.45. The highest BCUT2D eigenvalue weighted by molar-refractivity contribution is 7.89. The van der Waals surface area contributed by atoms with E-state index < -0.39 is 10.0 Å². The Balaban J connectivity index is 1.92. The molecule has 5 heteroatoms. The molecular formula is C11H22N2O2S. The summed E-state index contributed by atoms with van der Waals surface area (Å²) in [6, 6.07) is 0. The predicted molar refractivity (Wildman–Crippen MR) is 64.5 cm³/mol. The molecule has 0 atom stereocenters. The molecule has 0 aromatic heterocycles. The zero-order valence-corrected chi connectivity index (χ0v) is 10.8. The normalized spacial score (nSPS) is 26.9. The van der Waals surface area contributed by atoms with Crippen molar-refractivity contribution in [1.29, 1.82) is 0 Å². The fourth-order valence-electron chi connectivity index (χ4n) is 2.20. The number of hydrogen-bond donors (Lipinski definition) is 1. The molecule has 2 fully saturated rings. The van der Waals surface area contributed by atoms with Gasteiger partial charge in [0.25, 0.3) is 0 Å². The smallest absolute Gasteiger partial charge is 0.214 e. The molecule has 0 radical (unpaired) electrons. The van der Waals surface area contributed by atoms with Crippen molar-refractivity contribution in [2.45, 2.75) is 32.6 Å². The number of nitrogens with two attached hydrogens (primary N) is 1. The van der Waals surface area contributed by atoms with Gasteiger partial charge in [-0.05, 0) is 43.6 Å². The molecule has 1 saturated carbocycles. The van der Waals surface area contributed by atoms with Gasteiger partial charge in [0.2, 0.25) is 10.0 Å². The van der Waals surface area contributed by atoms with Gasteiger partial charge >= 0.3 is 0 Å². The van der Waals surface area contributed by atoms with Crippen LogP contribution in [-0.2, 0) is 10.0 Å². The minimum Gasteiger partial charge on any atom is -0.330 e. The van der Waals surface area contributed by atoms with Gasteiger partial charge in [-0.25, -0.2) is 12.7 Å². The molecule has 0 aromatic carbocycles. The minimum absolute atomic E-state index is 0.144. The highest BCUT2D eigenvalue weighted by Gasteiger charge is 2.36. The number of sulfonamides is 1. The van der Waals surface area contributed by atoms with Crippen molar-refractivity contribution >= 4 is 10.0 Å². The van der Waals surface area contributed by atoms with Crippen molar-refractivity contribution < 1.29 is 8.42 Å². The number of rotatable bonds is 4. The van der Waals surface area contributed by atoms with Crippen LogP contribution in [0.1, 0.15) is 32.6 Å². The molecule has 94 valence electrons. The summed E-state index contributed by atoms with van der Waals surface area (Å²) in [7, 11) is -2.99. The van der Waals surface area contributed by atoms with Crippen LogP contribution in [0.2, 0.25) is 0 Å². The fourth-order valence-corrected chi connectivity index (χ4v) is 4.07. The SMILES string of the molecule is CC1(CN)CCN(S(=O)(=O)CC2CC2)CC1. The largest absolute Gasteiger partial charge is 0.330 e. The molecule has 0 spiro atoms. The van der Waals surface area contributed by atoms with Crippen molar-refractivity contribution in [2.24, 2.45) is 17.1 Å². The summed E-state index contributed by atoms with van der Waals surface area (Å²) in [4.78, 5) is 0. The molecule has 0 unspecified atom stereocenters. The van der Waals surface area contributed by atoms with Crippen LogP contribution < -0.4 is 5.73 Å². The first-order valence-electron chi connectivity index (χ1n) is 6.13. The Labute approximate surface area is 98.2 Å². The van der Waals surface area contributed by atoms with E-state index in [1.165, 1.54) is 0 Å². The van der Waals surface area contributed by atoms with E-state index in [0.29, 0.717) is 31.3 Å². The average molecular weight is 246 g/mol. The first kappa shape index (κ1) is 12.3. The number of nitrogens with zero attached hydrogens (tertiary/aromatic N) is 1. The van der Waals surface area contributed by atoms with Gasteiger partial charge in [0.1, 0.15) is 0 Å². The zero-order chi connectivity index (χ0) is 11.8. The molecule has 2 rings (SSSR count). The maximum absolute atomic E-state index is 12.0. The van der Waals surface area contributed by atoms with E-state index in [4.69, 9.17) is 5.73 Å². The van der Waals surface area contributed by atoms with Crippen molar-refractivity contribution in [1.82, 2.24) is 4.31 Å². The molecule has 0 bridgehead atoms. The third kappa shape index (κ3) is 2.76. The molecule has 4 nitrogen and oxygen atoms in total. The second kappa shape index (κ2) is 4.27. The third-order valence-corrected chi connectivity index (χ3v) is 6.00. The molecule has 0 amide bonds. The van der Waals surface area contributed by atoms with Gasteiger partial charge in [0.15, 0.2) is 0 Å². The third-order valence-electron chi connectivity index (χ3n) is 3.96. The second-order valence-electron chi connectivity index (χ2n) is 5.64. The van der Waals surface area contributed by atoms with Gasteiger partial charge < -0.3 is 5.73 Å². The van der Waals surface area contributed by atoms with Crippen molar-refractivity contribution in [3.05, 3.63) is 0 Å². The van der Waals surface area contributed by atoms with Crippen molar-refractivity contribution in [3.8, 4) is 0 Å². The summed E-state index contributed by atoms with van der Waals surface area (Å²) in [5.74, 6) is 0.805. The van der Waals surface area contributed by atoms with E-state index >= 15 is 0 Å². The van der Waals surface area contributed by atoms with Gasteiger partial charge in [0, 0.05) is 13.1 Å². The lowest BCUT2D eigenvalue weighted by Gasteiger charge is -2.37. The topological polar surface area (TPSA) is 63.4 Å². The maximum Gasteiger partial charge on any atom is 0.214 e. The van der Waals surface area contributed by atoms with Crippen LogP contribution >= 0.6 is 0 Å². The first-order valence-corrected chi connectivity index (χ1v) is 7.74. The summed E-state index contributed by atoms with van der Waals surface area (Å²) in [5.41, 5.74) is 5.86. The van der Waals surface area contributed by atoms with E-state index in [-0.39, 0.29) is 5.41 Å². The highest BCUT2D eigenvalue weighted by Crippen LogP contribution is 2.34. The predicted octanol–water partition coefficient (Wildman–Crippen LogP) is 0.787. The van der Waals surface area contributed by atoms with Crippen LogP contribution in [0.25, 0.3) is 0 Å². The van der Waals surface area contributed by atoms with E-state index in [2.05, 4.69) is 6.92 Å². The standard InChI is InChI=1S/C11H22N2O2S/c1-11(9-12)4-6-13(7-5-11)16(14,15)8-10-2-3-10/h10H,2-9,12H2,1H3. The second-order valence-corrected chi connectivity index (χ2v) is 7.65. The summed E-state index contributed by atoms with van der Waals surface area (Å²) in [5, 5.41) is 0. The Morgan fingerprint density at radius 3 is 2.31 bits per heavy atom. The number of hydrogen-bond acceptors (Lipinski definition) is 3. The lowest BCUT2D eigenvalue weighted by molar-refractivity contribution is 0.182. The summed E-state index contributed by atoms with van der Waals surface area (Å²) >= 11 is 0. The summed E-state index contributed by atoms with van der Waals surface area (Å²) < 4.78 is 25.7. The monoisotopic (exact) mass is 246 g/mol. The molecule has 1 aliphatic heterocycles. The van der Waals surface area contributed by atoms with Gasteiger partial charge in [-0.2, -0.15) is 0 Å². The Kier molecular flexibility index (Phi) is 3.29. The molecule has 16 heavy (non-hydrogen) atoms. The van der Waals surface area contributed by atoms with Crippen molar-refractivity contribution in [3.63, 3.8) is 0 Å². The van der Waals surface area contributed by atoms with Gasteiger partial charge in [-0.1, -0.05) is 6.92 Å². The van der Waals surface area contributed by atoms with Crippen LogP contribution in [0.5, 0.6) is 0 Å². The van der Waals surface area contributed by atoms with Crippen molar-refractivity contribution in [2.75, 3.05) is 25.4 Å². The van der Waals surface area contributed by atoms with Gasteiger partial charge in [0.05, 0.1) is 5.75 Å². The Morgan fingerprint density at radius 1 is 1.31 bits per heavy atom. The van der Waals surface area contributed by atoms with E-state index in [1.807, 2.05) is 0 Å². The first-order chi connectivity index (χ1) is 7.45. The molecule has 1 heterocycles. The maximum atomic E-state index is 12.0. The molecule has 2 aliphatic rings. The van der Waals surface area contributed by atoms with Crippen LogP contribution in [0.3, 0.4) is 0 Å².